The fourth-order valence-electron chi connectivity index (χ4n) is 1.66. The Bertz CT molecular complexity index is 460. The summed E-state index contributed by atoms with van der Waals surface area (Å²) >= 11 is 0. The van der Waals surface area contributed by atoms with Gasteiger partial charge in [-0.05, 0) is 36.3 Å². The number of rotatable bonds is 7. The second-order valence-electron chi connectivity index (χ2n) is 4.18. The molecule has 0 radical (unpaired) electrons. The van der Waals surface area contributed by atoms with Crippen LogP contribution in [0.4, 0.5) is 10.1 Å². The second kappa shape index (κ2) is 7.53. The number of carbonyl (C=O) groups is 1. The van der Waals surface area contributed by atoms with Crippen LogP contribution in [0.25, 0.3) is 6.08 Å². The highest BCUT2D eigenvalue weighted by Gasteiger charge is 2.04. The Labute approximate surface area is 112 Å². The molecule has 0 fully saturated rings. The summed E-state index contributed by atoms with van der Waals surface area (Å²) in [6.07, 6.45) is 3.20. The molecule has 0 spiro atoms. The Morgan fingerprint density at radius 1 is 1.47 bits per heavy atom. The number of hydrogen-bond donors (Lipinski definition) is 1. The van der Waals surface area contributed by atoms with E-state index in [9.17, 15) is 9.18 Å². The van der Waals surface area contributed by atoms with Gasteiger partial charge in [-0.25, -0.2) is 9.18 Å². The fourth-order valence-corrected chi connectivity index (χ4v) is 1.66. The van der Waals surface area contributed by atoms with Gasteiger partial charge in [0.25, 0.3) is 0 Å². The third-order valence-electron chi connectivity index (χ3n) is 2.61. The molecule has 0 saturated heterocycles. The van der Waals surface area contributed by atoms with Crippen molar-refractivity contribution in [1.82, 2.24) is 0 Å². The van der Waals surface area contributed by atoms with Crippen LogP contribution in [0.5, 0.6) is 0 Å². The van der Waals surface area contributed by atoms with Gasteiger partial charge in [-0.1, -0.05) is 0 Å². The maximum atomic E-state index is 13.5. The molecule has 0 bridgehead atoms. The highest BCUT2D eigenvalue weighted by molar-refractivity contribution is 5.85. The van der Waals surface area contributed by atoms with E-state index in [0.29, 0.717) is 17.9 Å². The van der Waals surface area contributed by atoms with Crippen molar-refractivity contribution in [2.45, 2.75) is 6.42 Å². The molecular weight excluding hydrogens is 249 g/mol. The van der Waals surface area contributed by atoms with E-state index in [1.165, 1.54) is 18.2 Å². The molecule has 4 nitrogen and oxygen atoms in total. The van der Waals surface area contributed by atoms with E-state index >= 15 is 0 Å². The maximum Gasteiger partial charge on any atom is 0.328 e. The van der Waals surface area contributed by atoms with Crippen LogP contribution < -0.4 is 4.90 Å². The molecular formula is C14H18FNO3. The minimum absolute atomic E-state index is 0.388. The molecule has 0 atom stereocenters. The van der Waals surface area contributed by atoms with Crippen molar-refractivity contribution in [3.63, 3.8) is 0 Å². The number of nitrogens with zero attached hydrogens (tertiary/aromatic N) is 1. The Morgan fingerprint density at radius 2 is 2.21 bits per heavy atom. The molecule has 5 heteroatoms. The van der Waals surface area contributed by atoms with Crippen molar-refractivity contribution in [3.05, 3.63) is 35.7 Å². The summed E-state index contributed by atoms with van der Waals surface area (Å²) in [5.41, 5.74) is 1.23. The van der Waals surface area contributed by atoms with Crippen molar-refractivity contribution >= 4 is 17.7 Å². The van der Waals surface area contributed by atoms with Gasteiger partial charge in [-0.2, -0.15) is 0 Å². The van der Waals surface area contributed by atoms with E-state index in [2.05, 4.69) is 0 Å². The summed E-state index contributed by atoms with van der Waals surface area (Å²) in [4.78, 5) is 12.3. The zero-order valence-corrected chi connectivity index (χ0v) is 11.1. The van der Waals surface area contributed by atoms with Gasteiger partial charge in [0.15, 0.2) is 0 Å². The topological polar surface area (TPSA) is 49.8 Å². The average molecular weight is 267 g/mol. The van der Waals surface area contributed by atoms with Gasteiger partial charge in [-0.3, -0.25) is 0 Å². The van der Waals surface area contributed by atoms with Crippen LogP contribution in [0.3, 0.4) is 0 Å². The van der Waals surface area contributed by atoms with Gasteiger partial charge >= 0.3 is 5.97 Å². The minimum atomic E-state index is -1.06. The van der Waals surface area contributed by atoms with E-state index in [1.54, 1.807) is 13.2 Å². The summed E-state index contributed by atoms with van der Waals surface area (Å²) in [6, 6.07) is 4.46. The normalized spacial score (nSPS) is 10.9. The SMILES string of the molecule is COCCCN(C)c1cc(F)cc(/C=C/C(=O)O)c1. The number of hydrogen-bond acceptors (Lipinski definition) is 3. The van der Waals surface area contributed by atoms with Crippen molar-refractivity contribution in [2.24, 2.45) is 0 Å². The average Bonchev–Trinajstić information content (AvgIpc) is 2.36. The van der Waals surface area contributed by atoms with Gasteiger partial charge in [0.2, 0.25) is 0 Å². The summed E-state index contributed by atoms with van der Waals surface area (Å²) < 4.78 is 18.4. The van der Waals surface area contributed by atoms with E-state index < -0.39 is 5.97 Å². The highest BCUT2D eigenvalue weighted by Crippen LogP contribution is 2.18. The van der Waals surface area contributed by atoms with Gasteiger partial charge < -0.3 is 14.7 Å². The van der Waals surface area contributed by atoms with E-state index in [0.717, 1.165) is 19.0 Å². The summed E-state index contributed by atoms with van der Waals surface area (Å²) in [7, 11) is 3.49. The standard InChI is InChI=1S/C14H18FNO3/c1-16(6-3-7-19-2)13-9-11(4-5-14(17)18)8-12(15)10-13/h4-5,8-10H,3,6-7H2,1-2H3,(H,17,18)/b5-4+. The molecule has 1 aromatic rings. The van der Waals surface area contributed by atoms with Crippen LogP contribution in [0, 0.1) is 5.82 Å². The third kappa shape index (κ3) is 5.52. The Kier molecular flexibility index (Phi) is 6.02. The molecule has 1 aromatic carbocycles. The van der Waals surface area contributed by atoms with Crippen molar-refractivity contribution in [3.8, 4) is 0 Å². The van der Waals surface area contributed by atoms with Gasteiger partial charge in [0.1, 0.15) is 5.82 Å². The zero-order valence-electron chi connectivity index (χ0n) is 11.1. The van der Waals surface area contributed by atoms with Crippen LogP contribution in [0.1, 0.15) is 12.0 Å². The van der Waals surface area contributed by atoms with Gasteiger partial charge in [0.05, 0.1) is 0 Å². The molecule has 0 aliphatic heterocycles. The monoisotopic (exact) mass is 267 g/mol. The molecule has 0 amide bonds. The van der Waals surface area contributed by atoms with Crippen molar-refractivity contribution in [1.29, 1.82) is 0 Å². The van der Waals surface area contributed by atoms with E-state index in [1.807, 2.05) is 11.9 Å². The number of methoxy groups -OCH3 is 1. The quantitative estimate of drug-likeness (QED) is 0.609. The summed E-state index contributed by atoms with van der Waals surface area (Å²) in [6.45, 7) is 1.38. The lowest BCUT2D eigenvalue weighted by Gasteiger charge is -2.19. The molecule has 0 aliphatic carbocycles. The first-order valence-electron chi connectivity index (χ1n) is 5.94. The minimum Gasteiger partial charge on any atom is -0.478 e. The molecule has 0 saturated carbocycles. The number of ether oxygens (including phenoxy) is 1. The van der Waals surface area contributed by atoms with Crippen LogP contribution in [-0.4, -0.2) is 38.4 Å². The number of carboxylic acid groups (broad SMARTS) is 1. The molecule has 19 heavy (non-hydrogen) atoms. The van der Waals surface area contributed by atoms with Crippen LogP contribution in [-0.2, 0) is 9.53 Å². The molecule has 1 rings (SSSR count). The van der Waals surface area contributed by atoms with Crippen molar-refractivity contribution < 1.29 is 19.0 Å². The molecule has 0 unspecified atom stereocenters. The third-order valence-corrected chi connectivity index (χ3v) is 2.61. The summed E-state index contributed by atoms with van der Waals surface area (Å²) in [5.74, 6) is -1.44. The number of anilines is 1. The lowest BCUT2D eigenvalue weighted by Crippen LogP contribution is -2.19. The lowest BCUT2D eigenvalue weighted by atomic mass is 10.1. The molecule has 1 N–H and O–H groups in total. The second-order valence-corrected chi connectivity index (χ2v) is 4.18. The first-order valence-corrected chi connectivity index (χ1v) is 5.94. The summed E-state index contributed by atoms with van der Waals surface area (Å²) in [5, 5.41) is 8.56. The van der Waals surface area contributed by atoms with E-state index in [4.69, 9.17) is 9.84 Å². The Balaban J connectivity index is 2.80. The number of aliphatic carboxylic acids is 1. The lowest BCUT2D eigenvalue weighted by molar-refractivity contribution is -0.131. The first-order chi connectivity index (χ1) is 9.02. The molecule has 0 aliphatic rings. The molecule has 0 heterocycles. The Hall–Kier alpha value is -1.88. The largest absolute Gasteiger partial charge is 0.478 e. The van der Waals surface area contributed by atoms with Crippen LogP contribution in [0.2, 0.25) is 0 Å². The van der Waals surface area contributed by atoms with Crippen LogP contribution >= 0.6 is 0 Å². The fraction of sp³-hybridized carbons (Fsp3) is 0.357. The zero-order chi connectivity index (χ0) is 14.3. The smallest absolute Gasteiger partial charge is 0.328 e. The number of halogens is 1. The maximum absolute atomic E-state index is 13.5. The predicted octanol–water partition coefficient (Wildman–Crippen LogP) is 2.40. The highest BCUT2D eigenvalue weighted by atomic mass is 19.1. The Morgan fingerprint density at radius 3 is 2.84 bits per heavy atom. The van der Waals surface area contributed by atoms with Gasteiger partial charge in [0, 0.05) is 39.1 Å². The van der Waals surface area contributed by atoms with Crippen molar-refractivity contribution in [2.75, 3.05) is 32.2 Å². The number of carboxylic acids is 1. The molecule has 0 aromatic heterocycles. The van der Waals surface area contributed by atoms with Crippen LogP contribution in [0.15, 0.2) is 24.3 Å². The van der Waals surface area contributed by atoms with Gasteiger partial charge in [-0.15, -0.1) is 0 Å². The van der Waals surface area contributed by atoms with E-state index in [-0.39, 0.29) is 5.82 Å². The predicted molar refractivity (Wildman–Crippen MR) is 72.8 cm³/mol. The number of benzene rings is 1. The molecule has 104 valence electrons. The first kappa shape index (κ1) is 15.2.